The van der Waals surface area contributed by atoms with Crippen molar-refractivity contribution in [2.24, 2.45) is 0 Å². The Hall–Kier alpha value is -3.57. The molecule has 8 nitrogen and oxygen atoms in total. The molecule has 0 saturated heterocycles. The second-order valence-corrected chi connectivity index (χ2v) is 14.4. The lowest BCUT2D eigenvalue weighted by atomic mass is 10.0. The molecule has 1 atom stereocenters. The fourth-order valence-electron chi connectivity index (χ4n) is 4.93. The number of ether oxygens (including phenoxy) is 1. The number of methoxy groups -OCH3 is 1. The summed E-state index contributed by atoms with van der Waals surface area (Å²) in [5.74, 6) is -0.482. The first-order valence-electron chi connectivity index (χ1n) is 14.9. The van der Waals surface area contributed by atoms with Crippen molar-refractivity contribution in [3.05, 3.63) is 122 Å². The molecule has 4 aromatic carbocycles. The molecule has 248 valence electrons. The standard InChI is InChI=1S/C35H36BrCl2N3O5S/c1-4-18-39-35(43)32(20-25-8-6-5-7-9-25)40(22-26-12-16-30(37)31(38)19-26)34(42)23-41(27-13-10-24(2)11-14-27)47(44,45)28-15-17-33(46-3)29(36)21-28/h5-17,19,21,32H,4,18,20,22-23H2,1-3H3,(H,39,43). The molecule has 0 saturated carbocycles. The lowest BCUT2D eigenvalue weighted by Gasteiger charge is -2.34. The van der Waals surface area contributed by atoms with Crippen LogP contribution in [-0.2, 0) is 32.6 Å². The predicted molar refractivity (Wildman–Crippen MR) is 191 cm³/mol. The molecule has 0 aliphatic heterocycles. The first-order valence-corrected chi connectivity index (χ1v) is 17.9. The zero-order valence-electron chi connectivity index (χ0n) is 26.3. The minimum Gasteiger partial charge on any atom is -0.496 e. The third-order valence-electron chi connectivity index (χ3n) is 7.47. The summed E-state index contributed by atoms with van der Waals surface area (Å²) < 4.78 is 35.4. The van der Waals surface area contributed by atoms with Crippen molar-refractivity contribution in [3.63, 3.8) is 0 Å². The maximum Gasteiger partial charge on any atom is 0.264 e. The van der Waals surface area contributed by atoms with Crippen LogP contribution in [0.15, 0.2) is 100 Å². The van der Waals surface area contributed by atoms with E-state index in [4.69, 9.17) is 27.9 Å². The Balaban J connectivity index is 1.82. The Morgan fingerprint density at radius 1 is 0.915 bits per heavy atom. The molecule has 4 rings (SSSR count). The first-order chi connectivity index (χ1) is 22.4. The second-order valence-electron chi connectivity index (χ2n) is 10.9. The molecule has 0 spiro atoms. The number of sulfonamides is 1. The number of carbonyl (C=O) groups is 2. The van der Waals surface area contributed by atoms with Gasteiger partial charge in [0.05, 0.1) is 32.2 Å². The van der Waals surface area contributed by atoms with E-state index in [2.05, 4.69) is 21.2 Å². The van der Waals surface area contributed by atoms with Crippen LogP contribution in [0.4, 0.5) is 5.69 Å². The normalized spacial score (nSPS) is 11.9. The van der Waals surface area contributed by atoms with Gasteiger partial charge in [0.2, 0.25) is 11.8 Å². The van der Waals surface area contributed by atoms with Crippen LogP contribution in [0.1, 0.15) is 30.0 Å². The largest absolute Gasteiger partial charge is 0.496 e. The molecule has 0 aromatic heterocycles. The van der Waals surface area contributed by atoms with Crippen LogP contribution in [0.3, 0.4) is 0 Å². The van der Waals surface area contributed by atoms with Gasteiger partial charge in [-0.3, -0.25) is 13.9 Å². The molecule has 0 heterocycles. The maximum absolute atomic E-state index is 14.6. The van der Waals surface area contributed by atoms with Crippen molar-refractivity contribution < 1.29 is 22.7 Å². The van der Waals surface area contributed by atoms with Crippen molar-refractivity contribution in [1.29, 1.82) is 0 Å². The van der Waals surface area contributed by atoms with Crippen molar-refractivity contribution in [2.75, 3.05) is 24.5 Å². The van der Waals surface area contributed by atoms with Gasteiger partial charge in [-0.05, 0) is 82.9 Å². The summed E-state index contributed by atoms with van der Waals surface area (Å²) in [4.78, 5) is 29.7. The molecule has 0 aliphatic rings. The fraction of sp³-hybridized carbons (Fsp3) is 0.257. The smallest absolute Gasteiger partial charge is 0.264 e. The summed E-state index contributed by atoms with van der Waals surface area (Å²) >= 11 is 15.9. The molecular weight excluding hydrogens is 725 g/mol. The highest BCUT2D eigenvalue weighted by Crippen LogP contribution is 2.31. The van der Waals surface area contributed by atoms with E-state index >= 15 is 0 Å². The van der Waals surface area contributed by atoms with Gasteiger partial charge in [0.15, 0.2) is 0 Å². The molecule has 12 heteroatoms. The van der Waals surface area contributed by atoms with E-state index in [1.807, 2.05) is 44.2 Å². The first kappa shape index (κ1) is 36.3. The fourth-order valence-corrected chi connectivity index (χ4v) is 7.38. The Kier molecular flexibility index (Phi) is 12.7. The number of carbonyl (C=O) groups excluding carboxylic acids is 2. The molecule has 1 unspecified atom stereocenters. The van der Waals surface area contributed by atoms with Crippen LogP contribution in [0.5, 0.6) is 5.75 Å². The topological polar surface area (TPSA) is 96.0 Å². The average Bonchev–Trinajstić information content (AvgIpc) is 3.06. The zero-order valence-corrected chi connectivity index (χ0v) is 30.2. The van der Waals surface area contributed by atoms with Gasteiger partial charge in [-0.25, -0.2) is 8.42 Å². The van der Waals surface area contributed by atoms with E-state index < -0.39 is 28.5 Å². The number of amides is 2. The van der Waals surface area contributed by atoms with Crippen LogP contribution >= 0.6 is 39.1 Å². The van der Waals surface area contributed by atoms with Gasteiger partial charge >= 0.3 is 0 Å². The number of rotatable bonds is 14. The summed E-state index contributed by atoms with van der Waals surface area (Å²) in [7, 11) is -2.80. The maximum atomic E-state index is 14.6. The molecule has 2 amide bonds. The summed E-state index contributed by atoms with van der Waals surface area (Å²) in [6, 6.07) is 24.6. The third kappa shape index (κ3) is 9.28. The van der Waals surface area contributed by atoms with E-state index in [-0.39, 0.29) is 23.8 Å². The highest BCUT2D eigenvalue weighted by molar-refractivity contribution is 9.10. The van der Waals surface area contributed by atoms with Crippen LogP contribution in [-0.4, -0.2) is 51.4 Å². The summed E-state index contributed by atoms with van der Waals surface area (Å²) in [5, 5.41) is 3.57. The molecule has 1 N–H and O–H groups in total. The van der Waals surface area contributed by atoms with Gasteiger partial charge in [0, 0.05) is 19.5 Å². The van der Waals surface area contributed by atoms with E-state index in [0.29, 0.717) is 44.5 Å². The monoisotopic (exact) mass is 759 g/mol. The van der Waals surface area contributed by atoms with E-state index in [0.717, 1.165) is 15.4 Å². The number of halogens is 3. The number of benzene rings is 4. The van der Waals surface area contributed by atoms with Gasteiger partial charge in [-0.15, -0.1) is 0 Å². The molecule has 0 fully saturated rings. The SMILES string of the molecule is CCCNC(=O)C(Cc1ccccc1)N(Cc1ccc(Cl)c(Cl)c1)C(=O)CN(c1ccc(C)cc1)S(=O)(=O)c1ccc(OC)c(Br)c1. The molecule has 0 bridgehead atoms. The van der Waals surface area contributed by atoms with Gasteiger partial charge in [0.1, 0.15) is 18.3 Å². The van der Waals surface area contributed by atoms with Gasteiger partial charge in [-0.1, -0.05) is 84.2 Å². The van der Waals surface area contributed by atoms with Crippen LogP contribution in [0.25, 0.3) is 0 Å². The summed E-state index contributed by atoms with van der Waals surface area (Å²) in [6.07, 6.45) is 0.896. The quantitative estimate of drug-likeness (QED) is 0.144. The minimum atomic E-state index is -4.29. The number of hydrogen-bond donors (Lipinski definition) is 1. The van der Waals surface area contributed by atoms with Crippen LogP contribution < -0.4 is 14.4 Å². The number of nitrogens with one attached hydrogen (secondary N) is 1. The summed E-state index contributed by atoms with van der Waals surface area (Å²) in [6.45, 7) is 3.63. The zero-order chi connectivity index (χ0) is 34.1. The second kappa shape index (κ2) is 16.5. The molecule has 4 aromatic rings. The van der Waals surface area contributed by atoms with Gasteiger partial charge in [-0.2, -0.15) is 0 Å². The van der Waals surface area contributed by atoms with Crippen molar-refractivity contribution in [2.45, 2.75) is 44.2 Å². The number of anilines is 1. The number of nitrogens with zero attached hydrogens (tertiary/aromatic N) is 2. The van der Waals surface area contributed by atoms with Crippen molar-refractivity contribution >= 4 is 66.7 Å². The molecule has 0 aliphatic carbocycles. The number of aryl methyl sites for hydroxylation is 1. The third-order valence-corrected chi connectivity index (χ3v) is 10.6. The Labute approximate surface area is 294 Å². The summed E-state index contributed by atoms with van der Waals surface area (Å²) in [5.41, 5.74) is 2.67. The average molecular weight is 762 g/mol. The molecule has 0 radical (unpaired) electrons. The molecule has 47 heavy (non-hydrogen) atoms. The Morgan fingerprint density at radius 2 is 1.62 bits per heavy atom. The van der Waals surface area contributed by atoms with Crippen molar-refractivity contribution in [3.8, 4) is 5.75 Å². The lowest BCUT2D eigenvalue weighted by Crippen LogP contribution is -2.53. The predicted octanol–water partition coefficient (Wildman–Crippen LogP) is 7.43. The minimum absolute atomic E-state index is 0.0252. The van der Waals surface area contributed by atoms with Gasteiger partial charge < -0.3 is 15.0 Å². The molecular formula is C35H36BrCl2N3O5S. The van der Waals surface area contributed by atoms with E-state index in [9.17, 15) is 18.0 Å². The van der Waals surface area contributed by atoms with E-state index in [1.165, 1.54) is 30.2 Å². The Morgan fingerprint density at radius 3 is 2.23 bits per heavy atom. The van der Waals surface area contributed by atoms with Crippen LogP contribution in [0.2, 0.25) is 10.0 Å². The van der Waals surface area contributed by atoms with Crippen molar-refractivity contribution in [1.82, 2.24) is 10.2 Å². The number of hydrogen-bond acceptors (Lipinski definition) is 5. The highest BCUT2D eigenvalue weighted by Gasteiger charge is 2.35. The van der Waals surface area contributed by atoms with Gasteiger partial charge in [0.25, 0.3) is 10.0 Å². The van der Waals surface area contributed by atoms with Crippen LogP contribution in [0, 0.1) is 6.92 Å². The highest BCUT2D eigenvalue weighted by atomic mass is 79.9. The lowest BCUT2D eigenvalue weighted by molar-refractivity contribution is -0.140. The Bertz CT molecular complexity index is 1810. The van der Waals surface area contributed by atoms with E-state index in [1.54, 1.807) is 42.5 Å².